The van der Waals surface area contributed by atoms with Gasteiger partial charge in [-0.3, -0.25) is 0 Å². The Morgan fingerprint density at radius 2 is 1.90 bits per heavy atom. The van der Waals surface area contributed by atoms with Gasteiger partial charge in [0.2, 0.25) is 0 Å². The molecule has 0 aliphatic heterocycles. The number of nitrogens with one attached hydrogen (secondary N) is 1. The molecule has 3 aromatic rings. The van der Waals surface area contributed by atoms with E-state index >= 15 is 0 Å². The number of aryl methyl sites for hydroxylation is 1. The van der Waals surface area contributed by atoms with Crippen LogP contribution in [0.1, 0.15) is 24.1 Å². The molecule has 0 bridgehead atoms. The van der Waals surface area contributed by atoms with E-state index in [1.807, 2.05) is 18.2 Å². The van der Waals surface area contributed by atoms with Crippen LogP contribution in [-0.2, 0) is 0 Å². The van der Waals surface area contributed by atoms with E-state index in [1.54, 1.807) is 11.3 Å². The van der Waals surface area contributed by atoms with Crippen LogP contribution in [0.25, 0.3) is 10.2 Å². The fraction of sp³-hybridized carbons (Fsp3) is 0.188. The lowest BCUT2D eigenvalue weighted by molar-refractivity contribution is 0.882. The van der Waals surface area contributed by atoms with Crippen molar-refractivity contribution in [1.82, 2.24) is 4.98 Å². The minimum absolute atomic E-state index is 0.218. The van der Waals surface area contributed by atoms with Gasteiger partial charge in [0.05, 0.1) is 21.3 Å². The zero-order chi connectivity index (χ0) is 14.1. The van der Waals surface area contributed by atoms with Crippen molar-refractivity contribution in [2.24, 2.45) is 0 Å². The first kappa shape index (κ1) is 13.4. The lowest BCUT2D eigenvalue weighted by Crippen LogP contribution is -2.05. The average molecular weight is 303 g/mol. The van der Waals surface area contributed by atoms with Crippen molar-refractivity contribution in [2.75, 3.05) is 5.32 Å². The molecule has 1 aromatic heterocycles. The summed E-state index contributed by atoms with van der Waals surface area (Å²) in [4.78, 5) is 4.58. The molecule has 2 aromatic carbocycles. The van der Waals surface area contributed by atoms with Crippen LogP contribution in [0.2, 0.25) is 5.02 Å². The first-order valence-electron chi connectivity index (χ1n) is 6.51. The minimum Gasteiger partial charge on any atom is -0.355 e. The summed E-state index contributed by atoms with van der Waals surface area (Å²) >= 11 is 7.78. The molecule has 0 radical (unpaired) electrons. The van der Waals surface area contributed by atoms with E-state index in [4.69, 9.17) is 11.6 Å². The van der Waals surface area contributed by atoms with Crippen molar-refractivity contribution >= 4 is 38.3 Å². The van der Waals surface area contributed by atoms with E-state index in [2.05, 4.69) is 48.4 Å². The standard InChI is InChI=1S/C16H15ClN2S/c1-10-6-8-12(9-7-10)11(2)18-16-19-14-5-3-4-13(17)15(14)20-16/h3-9,11H,1-2H3,(H,18,19). The van der Waals surface area contributed by atoms with Crippen molar-refractivity contribution in [3.63, 3.8) is 0 Å². The predicted octanol–water partition coefficient (Wildman–Crippen LogP) is 5.43. The number of hydrogen-bond donors (Lipinski definition) is 1. The lowest BCUT2D eigenvalue weighted by Gasteiger charge is -2.13. The Balaban J connectivity index is 1.85. The number of fused-ring (bicyclic) bond motifs is 1. The lowest BCUT2D eigenvalue weighted by atomic mass is 10.1. The molecule has 0 saturated heterocycles. The molecule has 0 saturated carbocycles. The van der Waals surface area contributed by atoms with E-state index in [0.717, 1.165) is 20.4 Å². The van der Waals surface area contributed by atoms with Gasteiger partial charge in [-0.05, 0) is 31.5 Å². The van der Waals surface area contributed by atoms with Crippen LogP contribution in [0.15, 0.2) is 42.5 Å². The highest BCUT2D eigenvalue weighted by Crippen LogP contribution is 2.33. The molecule has 0 amide bonds. The van der Waals surface area contributed by atoms with Crippen LogP contribution in [0.4, 0.5) is 5.13 Å². The third kappa shape index (κ3) is 2.65. The quantitative estimate of drug-likeness (QED) is 0.697. The smallest absolute Gasteiger partial charge is 0.184 e. The molecule has 0 spiro atoms. The highest BCUT2D eigenvalue weighted by atomic mass is 35.5. The number of hydrogen-bond acceptors (Lipinski definition) is 3. The van der Waals surface area contributed by atoms with Crippen LogP contribution in [-0.4, -0.2) is 4.98 Å². The van der Waals surface area contributed by atoms with Crippen molar-refractivity contribution in [2.45, 2.75) is 19.9 Å². The Labute approximate surface area is 127 Å². The van der Waals surface area contributed by atoms with Crippen molar-refractivity contribution in [1.29, 1.82) is 0 Å². The molecule has 20 heavy (non-hydrogen) atoms. The van der Waals surface area contributed by atoms with Gasteiger partial charge in [0, 0.05) is 0 Å². The molecule has 102 valence electrons. The van der Waals surface area contributed by atoms with Gasteiger partial charge in [0.25, 0.3) is 0 Å². The Hall–Kier alpha value is -1.58. The summed E-state index contributed by atoms with van der Waals surface area (Å²) in [5, 5.41) is 5.11. The van der Waals surface area contributed by atoms with Gasteiger partial charge in [0.15, 0.2) is 5.13 Å². The zero-order valence-electron chi connectivity index (χ0n) is 11.4. The van der Waals surface area contributed by atoms with E-state index in [9.17, 15) is 0 Å². The second-order valence-corrected chi connectivity index (χ2v) is 6.29. The third-order valence-electron chi connectivity index (χ3n) is 3.28. The zero-order valence-corrected chi connectivity index (χ0v) is 12.9. The molecular formula is C16H15ClN2S. The van der Waals surface area contributed by atoms with Gasteiger partial charge in [0.1, 0.15) is 0 Å². The molecule has 1 atom stereocenters. The van der Waals surface area contributed by atoms with E-state index in [-0.39, 0.29) is 6.04 Å². The topological polar surface area (TPSA) is 24.9 Å². The van der Waals surface area contributed by atoms with Crippen LogP contribution in [0.3, 0.4) is 0 Å². The molecule has 2 nitrogen and oxygen atoms in total. The third-order valence-corrected chi connectivity index (χ3v) is 4.75. The predicted molar refractivity (Wildman–Crippen MR) is 87.8 cm³/mol. The fourth-order valence-corrected chi connectivity index (χ4v) is 3.34. The molecular weight excluding hydrogens is 288 g/mol. The van der Waals surface area contributed by atoms with Gasteiger partial charge in [-0.2, -0.15) is 0 Å². The van der Waals surface area contributed by atoms with Crippen molar-refractivity contribution in [3.05, 3.63) is 58.6 Å². The number of halogens is 1. The molecule has 0 aliphatic rings. The normalized spacial score (nSPS) is 12.6. The largest absolute Gasteiger partial charge is 0.355 e. The van der Waals surface area contributed by atoms with Gasteiger partial charge in [-0.25, -0.2) is 4.98 Å². The van der Waals surface area contributed by atoms with Gasteiger partial charge in [-0.15, -0.1) is 0 Å². The fourth-order valence-electron chi connectivity index (χ4n) is 2.10. The van der Waals surface area contributed by atoms with Crippen LogP contribution >= 0.6 is 22.9 Å². The molecule has 1 unspecified atom stereocenters. The van der Waals surface area contributed by atoms with Gasteiger partial charge < -0.3 is 5.32 Å². The summed E-state index contributed by atoms with van der Waals surface area (Å²) < 4.78 is 1.03. The summed E-state index contributed by atoms with van der Waals surface area (Å²) in [6.07, 6.45) is 0. The maximum Gasteiger partial charge on any atom is 0.184 e. The average Bonchev–Trinajstić information content (AvgIpc) is 2.83. The second kappa shape index (κ2) is 5.43. The Kier molecular flexibility index (Phi) is 3.64. The maximum absolute atomic E-state index is 6.18. The number of aromatic nitrogens is 1. The first-order valence-corrected chi connectivity index (χ1v) is 7.71. The number of nitrogens with zero attached hydrogens (tertiary/aromatic N) is 1. The first-order chi connectivity index (χ1) is 9.63. The van der Waals surface area contributed by atoms with Crippen LogP contribution in [0.5, 0.6) is 0 Å². The van der Waals surface area contributed by atoms with E-state index in [1.165, 1.54) is 11.1 Å². The summed E-state index contributed by atoms with van der Waals surface area (Å²) in [5.41, 5.74) is 3.47. The highest BCUT2D eigenvalue weighted by Gasteiger charge is 2.10. The number of benzene rings is 2. The Bertz CT molecular complexity index is 734. The molecule has 0 fully saturated rings. The maximum atomic E-state index is 6.18. The molecule has 1 N–H and O–H groups in total. The number of rotatable bonds is 3. The molecule has 0 aliphatic carbocycles. The Morgan fingerprint density at radius 3 is 2.60 bits per heavy atom. The number of thiazole rings is 1. The monoisotopic (exact) mass is 302 g/mol. The Morgan fingerprint density at radius 1 is 1.15 bits per heavy atom. The summed E-state index contributed by atoms with van der Waals surface area (Å²) in [6, 6.07) is 14.6. The highest BCUT2D eigenvalue weighted by molar-refractivity contribution is 7.22. The van der Waals surface area contributed by atoms with Gasteiger partial charge >= 0.3 is 0 Å². The van der Waals surface area contributed by atoms with E-state index in [0.29, 0.717) is 0 Å². The molecule has 4 heteroatoms. The molecule has 3 rings (SSSR count). The summed E-state index contributed by atoms with van der Waals surface area (Å²) in [7, 11) is 0. The minimum atomic E-state index is 0.218. The summed E-state index contributed by atoms with van der Waals surface area (Å²) in [5.74, 6) is 0. The van der Waals surface area contributed by atoms with Crippen LogP contribution in [0, 0.1) is 6.92 Å². The SMILES string of the molecule is Cc1ccc(C(C)Nc2nc3cccc(Cl)c3s2)cc1. The van der Waals surface area contributed by atoms with E-state index < -0.39 is 0 Å². The number of anilines is 1. The summed E-state index contributed by atoms with van der Waals surface area (Å²) in [6.45, 7) is 4.23. The van der Waals surface area contributed by atoms with Crippen LogP contribution < -0.4 is 5.32 Å². The van der Waals surface area contributed by atoms with Gasteiger partial charge in [-0.1, -0.05) is 58.8 Å². The molecule has 1 heterocycles. The van der Waals surface area contributed by atoms with Crippen molar-refractivity contribution < 1.29 is 0 Å². The van der Waals surface area contributed by atoms with Crippen molar-refractivity contribution in [3.8, 4) is 0 Å². The second-order valence-electron chi connectivity index (χ2n) is 4.88.